The van der Waals surface area contributed by atoms with Gasteiger partial charge in [0.25, 0.3) is 5.91 Å². The summed E-state index contributed by atoms with van der Waals surface area (Å²) < 4.78 is 5.75. The van der Waals surface area contributed by atoms with Gasteiger partial charge in [0.15, 0.2) is 0 Å². The van der Waals surface area contributed by atoms with Gasteiger partial charge < -0.3 is 20.3 Å². The lowest BCUT2D eigenvalue weighted by atomic mass is 9.54. The SMILES string of the molecule is CCOC1CC(N)(C(=O)N2CCCN(C(=O)c3cccc(C)c3)CC2)C1(C)C.Cl. The van der Waals surface area contributed by atoms with Crippen LogP contribution in [-0.2, 0) is 9.53 Å². The molecule has 1 saturated heterocycles. The van der Waals surface area contributed by atoms with Crippen LogP contribution in [0.25, 0.3) is 0 Å². The average Bonchev–Trinajstić information content (AvgIpc) is 2.92. The van der Waals surface area contributed by atoms with Gasteiger partial charge in [-0.25, -0.2) is 0 Å². The summed E-state index contributed by atoms with van der Waals surface area (Å²) in [4.78, 5) is 29.8. The van der Waals surface area contributed by atoms with E-state index in [1.807, 2.05) is 61.8 Å². The highest BCUT2D eigenvalue weighted by Crippen LogP contribution is 2.50. The number of amides is 2. The Hall–Kier alpha value is -1.63. The second-order valence-electron chi connectivity index (χ2n) is 8.65. The van der Waals surface area contributed by atoms with Crippen LogP contribution >= 0.6 is 12.4 Å². The van der Waals surface area contributed by atoms with E-state index in [1.54, 1.807) is 0 Å². The van der Waals surface area contributed by atoms with Crippen molar-refractivity contribution < 1.29 is 14.3 Å². The molecule has 162 valence electrons. The van der Waals surface area contributed by atoms with Crippen molar-refractivity contribution in [3.8, 4) is 0 Å². The van der Waals surface area contributed by atoms with Gasteiger partial charge in [-0.1, -0.05) is 31.5 Å². The van der Waals surface area contributed by atoms with Gasteiger partial charge in [-0.2, -0.15) is 0 Å². The van der Waals surface area contributed by atoms with E-state index in [0.717, 1.165) is 12.0 Å². The predicted octanol–water partition coefficient (Wildman–Crippen LogP) is 2.62. The van der Waals surface area contributed by atoms with E-state index in [4.69, 9.17) is 10.5 Å². The number of rotatable bonds is 4. The summed E-state index contributed by atoms with van der Waals surface area (Å²) in [6.45, 7) is 10.9. The van der Waals surface area contributed by atoms with Crippen LogP contribution in [0.15, 0.2) is 24.3 Å². The summed E-state index contributed by atoms with van der Waals surface area (Å²) in [6.07, 6.45) is 1.32. The molecular weight excluding hydrogens is 390 g/mol. The first-order valence-electron chi connectivity index (χ1n) is 10.3. The molecule has 7 heteroatoms. The number of halogens is 1. The zero-order valence-electron chi connectivity index (χ0n) is 17.9. The number of benzene rings is 1. The van der Waals surface area contributed by atoms with Crippen LogP contribution in [0.4, 0.5) is 0 Å². The molecule has 1 aliphatic carbocycles. The molecule has 29 heavy (non-hydrogen) atoms. The Bertz CT molecular complexity index is 755. The molecule has 0 aromatic heterocycles. The van der Waals surface area contributed by atoms with Gasteiger partial charge in [-0.05, 0) is 32.4 Å². The van der Waals surface area contributed by atoms with Gasteiger partial charge in [-0.15, -0.1) is 12.4 Å². The van der Waals surface area contributed by atoms with Crippen molar-refractivity contribution in [1.29, 1.82) is 0 Å². The van der Waals surface area contributed by atoms with E-state index in [9.17, 15) is 9.59 Å². The molecule has 6 nitrogen and oxygen atoms in total. The van der Waals surface area contributed by atoms with Crippen LogP contribution in [0.5, 0.6) is 0 Å². The van der Waals surface area contributed by atoms with Crippen LogP contribution in [0.1, 0.15) is 49.5 Å². The Morgan fingerprint density at radius 1 is 1.17 bits per heavy atom. The minimum atomic E-state index is -0.900. The van der Waals surface area contributed by atoms with Crippen molar-refractivity contribution in [3.05, 3.63) is 35.4 Å². The topological polar surface area (TPSA) is 75.9 Å². The van der Waals surface area contributed by atoms with Crippen molar-refractivity contribution in [1.82, 2.24) is 9.80 Å². The Morgan fingerprint density at radius 3 is 2.45 bits per heavy atom. The maximum Gasteiger partial charge on any atom is 0.253 e. The molecule has 2 atom stereocenters. The molecule has 2 aliphatic rings. The van der Waals surface area contributed by atoms with E-state index in [-0.39, 0.29) is 30.3 Å². The van der Waals surface area contributed by atoms with Gasteiger partial charge in [0.2, 0.25) is 5.91 Å². The Balaban J connectivity index is 0.00000300. The molecule has 1 aromatic rings. The number of nitrogens with two attached hydrogens (primary N) is 1. The summed E-state index contributed by atoms with van der Waals surface area (Å²) in [7, 11) is 0. The minimum Gasteiger partial charge on any atom is -0.378 e. The van der Waals surface area contributed by atoms with Crippen molar-refractivity contribution >= 4 is 24.2 Å². The fourth-order valence-corrected chi connectivity index (χ4v) is 4.36. The summed E-state index contributed by atoms with van der Waals surface area (Å²) >= 11 is 0. The highest BCUT2D eigenvalue weighted by Gasteiger charge is 2.63. The van der Waals surface area contributed by atoms with E-state index in [2.05, 4.69) is 0 Å². The van der Waals surface area contributed by atoms with Crippen LogP contribution in [-0.4, -0.2) is 66.0 Å². The second-order valence-corrected chi connectivity index (χ2v) is 8.65. The van der Waals surface area contributed by atoms with Crippen LogP contribution in [0.2, 0.25) is 0 Å². The first-order chi connectivity index (χ1) is 13.2. The number of aryl methyl sites for hydroxylation is 1. The molecule has 2 fully saturated rings. The second kappa shape index (κ2) is 9.02. The average molecular weight is 424 g/mol. The standard InChI is InChI=1S/C22H33N3O3.ClH/c1-5-28-18-15-22(23,21(18,3)4)20(27)25-11-7-10-24(12-13-25)19(26)17-9-6-8-16(2)14-17;/h6,8-9,14,18H,5,7,10-13,15,23H2,1-4H3;1H. The molecule has 0 spiro atoms. The van der Waals surface area contributed by atoms with Gasteiger partial charge in [0.1, 0.15) is 5.54 Å². The number of nitrogens with zero attached hydrogens (tertiary/aromatic N) is 2. The molecule has 3 rings (SSSR count). The molecule has 0 radical (unpaired) electrons. The highest BCUT2D eigenvalue weighted by atomic mass is 35.5. The summed E-state index contributed by atoms with van der Waals surface area (Å²) in [6, 6.07) is 7.65. The van der Waals surface area contributed by atoms with Gasteiger partial charge in [-0.3, -0.25) is 9.59 Å². The third kappa shape index (κ3) is 4.30. The lowest BCUT2D eigenvalue weighted by Crippen LogP contribution is -2.76. The summed E-state index contributed by atoms with van der Waals surface area (Å²) in [5.41, 5.74) is 7.05. The van der Waals surface area contributed by atoms with Gasteiger partial charge in [0.05, 0.1) is 6.10 Å². The Kier molecular flexibility index (Phi) is 7.36. The maximum atomic E-state index is 13.3. The highest BCUT2D eigenvalue weighted by molar-refractivity contribution is 5.94. The van der Waals surface area contributed by atoms with Crippen molar-refractivity contribution in [2.45, 2.75) is 52.2 Å². The molecule has 2 N–H and O–H groups in total. The fourth-order valence-electron chi connectivity index (χ4n) is 4.36. The molecule has 1 aromatic carbocycles. The predicted molar refractivity (Wildman–Crippen MR) is 116 cm³/mol. The Labute approximate surface area is 180 Å². The molecule has 2 amide bonds. The lowest BCUT2D eigenvalue weighted by Gasteiger charge is -2.58. The molecule has 0 bridgehead atoms. The smallest absolute Gasteiger partial charge is 0.253 e. The third-order valence-electron chi connectivity index (χ3n) is 6.55. The minimum absolute atomic E-state index is 0. The first kappa shape index (κ1) is 23.6. The van der Waals surface area contributed by atoms with Crippen molar-refractivity contribution in [2.75, 3.05) is 32.8 Å². The quantitative estimate of drug-likeness (QED) is 0.807. The van der Waals surface area contributed by atoms with Crippen LogP contribution in [0, 0.1) is 12.3 Å². The number of hydrogen-bond acceptors (Lipinski definition) is 4. The van der Waals surface area contributed by atoms with E-state index >= 15 is 0 Å². The molecule has 2 unspecified atom stereocenters. The molecule has 1 saturated carbocycles. The third-order valence-corrected chi connectivity index (χ3v) is 6.55. The number of carbonyl (C=O) groups excluding carboxylic acids is 2. The van der Waals surface area contributed by atoms with E-state index in [0.29, 0.717) is 44.8 Å². The molecular formula is C22H34ClN3O3. The number of carbonyl (C=O) groups is 2. The molecule has 1 aliphatic heterocycles. The van der Waals surface area contributed by atoms with E-state index in [1.165, 1.54) is 0 Å². The maximum absolute atomic E-state index is 13.3. The zero-order valence-corrected chi connectivity index (χ0v) is 18.8. The lowest BCUT2D eigenvalue weighted by molar-refractivity contribution is -0.179. The number of ether oxygens (including phenoxy) is 1. The fraction of sp³-hybridized carbons (Fsp3) is 0.636. The summed E-state index contributed by atoms with van der Waals surface area (Å²) in [5.74, 6) is 0.0131. The number of hydrogen-bond donors (Lipinski definition) is 1. The van der Waals surface area contributed by atoms with Crippen molar-refractivity contribution in [2.24, 2.45) is 11.1 Å². The Morgan fingerprint density at radius 2 is 1.83 bits per heavy atom. The van der Waals surface area contributed by atoms with Crippen LogP contribution < -0.4 is 5.73 Å². The normalized spacial score (nSPS) is 26.2. The monoisotopic (exact) mass is 423 g/mol. The molecule has 1 heterocycles. The van der Waals surface area contributed by atoms with Gasteiger partial charge >= 0.3 is 0 Å². The first-order valence-corrected chi connectivity index (χ1v) is 10.3. The van der Waals surface area contributed by atoms with Gasteiger partial charge in [0, 0.05) is 50.2 Å². The van der Waals surface area contributed by atoms with Crippen molar-refractivity contribution in [3.63, 3.8) is 0 Å². The largest absolute Gasteiger partial charge is 0.378 e. The van der Waals surface area contributed by atoms with E-state index < -0.39 is 11.0 Å². The van der Waals surface area contributed by atoms with Crippen LogP contribution in [0.3, 0.4) is 0 Å². The zero-order chi connectivity index (χ0) is 20.5. The summed E-state index contributed by atoms with van der Waals surface area (Å²) in [5, 5.41) is 0.